The van der Waals surface area contributed by atoms with E-state index >= 15 is 0 Å². The van der Waals surface area contributed by atoms with Crippen molar-refractivity contribution < 1.29 is 4.79 Å². The molecule has 11 aliphatic heterocycles. The smallest absolute Gasteiger partial charge is 0.237 e. The number of piperazine rings is 7. The highest BCUT2D eigenvalue weighted by molar-refractivity contribution is 5.79. The first-order chi connectivity index (χ1) is 54.3. The monoisotopic (exact) mass is 1650 g/mol. The molecular formula is C100H208N16O. The molecule has 0 aliphatic carbocycles. The first-order valence-corrected chi connectivity index (χ1v) is 49.6. The summed E-state index contributed by atoms with van der Waals surface area (Å²) in [4.78, 5) is 52.4. The number of carbonyl (C=O) groups excluding carboxylic acids is 1. The lowest BCUT2D eigenvalue weighted by atomic mass is 9.86. The Morgan fingerprint density at radius 3 is 1.00 bits per heavy atom. The van der Waals surface area contributed by atoms with Crippen molar-refractivity contribution in [3.63, 3.8) is 0 Å². The Kier molecular flexibility index (Phi) is 50.0. The second-order valence-corrected chi connectivity index (χ2v) is 43.8. The fourth-order valence-electron chi connectivity index (χ4n) is 21.1. The van der Waals surface area contributed by atoms with E-state index in [0.717, 1.165) is 110 Å². The molecule has 0 spiro atoms. The number of piperidine rings is 1. The molecular weight excluding hydrogens is 1440 g/mol. The summed E-state index contributed by atoms with van der Waals surface area (Å²) in [6.45, 7) is 121. The van der Waals surface area contributed by atoms with E-state index in [2.05, 4.69) is 363 Å². The molecule has 1 amide bonds. The zero-order valence-electron chi connectivity index (χ0n) is 86.2. The average Bonchev–Trinajstić information content (AvgIpc) is 1.64. The highest BCUT2D eigenvalue weighted by Gasteiger charge is 2.45. The van der Waals surface area contributed by atoms with Crippen LogP contribution in [-0.2, 0) is 4.79 Å². The van der Waals surface area contributed by atoms with Crippen molar-refractivity contribution in [1.29, 1.82) is 0 Å². The minimum absolute atomic E-state index is 0.273. The van der Waals surface area contributed by atoms with Crippen LogP contribution in [0.25, 0.3) is 0 Å². The lowest BCUT2D eigenvalue weighted by Gasteiger charge is -2.50. The number of amides is 1. The molecule has 11 heterocycles. The van der Waals surface area contributed by atoms with Crippen molar-refractivity contribution in [2.75, 3.05) is 151 Å². The van der Waals surface area contributed by atoms with Crippen molar-refractivity contribution in [2.24, 2.45) is 17.8 Å². The fraction of sp³-hybridized carbons (Fsp3) is 0.970. The van der Waals surface area contributed by atoms with Crippen LogP contribution in [-0.4, -0.2) is 379 Å². The minimum Gasteiger partial charge on any atom is -0.338 e. The van der Waals surface area contributed by atoms with Gasteiger partial charge in [0, 0.05) is 275 Å². The van der Waals surface area contributed by atoms with Crippen molar-refractivity contribution in [2.45, 2.75) is 467 Å². The Hall–Kier alpha value is -1.39. The molecule has 17 nitrogen and oxygen atoms in total. The summed E-state index contributed by atoms with van der Waals surface area (Å²) in [6, 6.07) is 16.3. The second kappa shape index (κ2) is 53.3. The maximum Gasteiger partial charge on any atom is 0.237 e. The molecule has 0 aromatic rings. The predicted molar refractivity (Wildman–Crippen MR) is 515 cm³/mol. The Morgan fingerprint density at radius 1 is 0.308 bits per heavy atom. The Labute approximate surface area is 731 Å². The first kappa shape index (κ1) is 110. The lowest BCUT2D eigenvalue weighted by Crippen LogP contribution is -2.62. The van der Waals surface area contributed by atoms with Crippen LogP contribution in [0, 0.1) is 17.8 Å². The molecule has 0 saturated carbocycles. The van der Waals surface area contributed by atoms with Crippen LogP contribution in [0.5, 0.6) is 0 Å². The number of fused-ring (bicyclic) bond motifs is 4. The molecule has 117 heavy (non-hydrogen) atoms. The summed E-state index contributed by atoms with van der Waals surface area (Å²) in [5.41, 5.74) is 1.98. The van der Waals surface area contributed by atoms with Crippen LogP contribution in [0.2, 0.25) is 0 Å². The molecule has 7 atom stereocenters. The van der Waals surface area contributed by atoms with Crippen LogP contribution in [0.3, 0.4) is 0 Å². The normalized spacial score (nSPS) is 26.9. The SMILES string of the molecule is CC(C)C1=CCN(C(C)C)CC1.CC(C)C1CCN(C(C)C)CC1.CC(C)N1CC(C)N(C(C)C)C(C)C1.CC(C)N1CC2CC1CN2C(C)C.CC(C)N1CC2CCC(C1)N2C(C)C.CC(C)N1CCN(C(C)C)C(=O)C1.CC(C)N1CCN(C(C)C)C(C)(C)C1.CC(C)N1CCN(C(C)C)C(C)C1.CC(C)N1CCN(C(C)C)CC1. The topological polar surface area (TPSA) is 68.9 Å². The van der Waals surface area contributed by atoms with Crippen LogP contribution < -0.4 is 0 Å². The molecule has 10 fully saturated rings. The molecule has 17 heteroatoms. The fourth-order valence-corrected chi connectivity index (χ4v) is 21.1. The van der Waals surface area contributed by atoms with E-state index in [1.54, 1.807) is 5.57 Å². The summed E-state index contributed by atoms with van der Waals surface area (Å²) in [7, 11) is 0. The summed E-state index contributed by atoms with van der Waals surface area (Å²) in [6.07, 6.45) is 10.8. The maximum atomic E-state index is 11.6. The summed E-state index contributed by atoms with van der Waals surface area (Å²) in [5.74, 6) is 2.90. The van der Waals surface area contributed by atoms with E-state index in [1.165, 1.54) is 163 Å². The summed E-state index contributed by atoms with van der Waals surface area (Å²) >= 11 is 0. The summed E-state index contributed by atoms with van der Waals surface area (Å²) < 4.78 is 0. The quantitative estimate of drug-likeness (QED) is 0.122. The van der Waals surface area contributed by atoms with Gasteiger partial charge in [0.1, 0.15) is 0 Å². The molecule has 0 radical (unpaired) electrons. The molecule has 11 aliphatic rings. The van der Waals surface area contributed by atoms with Crippen molar-refractivity contribution >= 4 is 5.91 Å². The Morgan fingerprint density at radius 2 is 0.684 bits per heavy atom. The third-order valence-corrected chi connectivity index (χ3v) is 28.8. The first-order valence-electron chi connectivity index (χ1n) is 49.6. The minimum atomic E-state index is 0.273. The number of rotatable bonds is 18. The second-order valence-electron chi connectivity index (χ2n) is 43.8. The third-order valence-electron chi connectivity index (χ3n) is 28.8. The van der Waals surface area contributed by atoms with Crippen molar-refractivity contribution in [1.82, 2.24) is 78.4 Å². The van der Waals surface area contributed by atoms with Gasteiger partial charge in [-0.25, -0.2) is 0 Å². The van der Waals surface area contributed by atoms with Crippen molar-refractivity contribution in [3.05, 3.63) is 11.6 Å². The van der Waals surface area contributed by atoms with Gasteiger partial charge in [0.15, 0.2) is 0 Å². The molecule has 4 bridgehead atoms. The molecule has 7 unspecified atom stereocenters. The van der Waals surface area contributed by atoms with E-state index in [4.69, 9.17) is 0 Å². The van der Waals surface area contributed by atoms with E-state index in [9.17, 15) is 4.79 Å². The largest absolute Gasteiger partial charge is 0.338 e. The van der Waals surface area contributed by atoms with Crippen LogP contribution >= 0.6 is 0 Å². The Balaban J connectivity index is 0.000000341. The van der Waals surface area contributed by atoms with Gasteiger partial charge in [-0.15, -0.1) is 0 Å². The van der Waals surface area contributed by atoms with Gasteiger partial charge >= 0.3 is 0 Å². The zero-order valence-corrected chi connectivity index (χ0v) is 86.2. The summed E-state index contributed by atoms with van der Waals surface area (Å²) in [5, 5.41) is 0. The van der Waals surface area contributed by atoms with Gasteiger partial charge in [-0.05, 0) is 326 Å². The number of carbonyl (C=O) groups is 1. The number of likely N-dealkylation sites (tertiary alicyclic amines) is 4. The van der Waals surface area contributed by atoms with Crippen LogP contribution in [0.15, 0.2) is 11.6 Å². The number of hydrogen-bond donors (Lipinski definition) is 0. The molecule has 0 aromatic heterocycles. The van der Waals surface area contributed by atoms with Gasteiger partial charge in [-0.3, -0.25) is 73.4 Å². The Bertz CT molecular complexity index is 2470. The van der Waals surface area contributed by atoms with Gasteiger partial charge in [0.05, 0.1) is 6.54 Å². The lowest BCUT2D eigenvalue weighted by molar-refractivity contribution is -0.138. The zero-order chi connectivity index (χ0) is 89.1. The molecule has 10 saturated heterocycles. The highest BCUT2D eigenvalue weighted by Crippen LogP contribution is 2.35. The molecule has 0 N–H and O–H groups in total. The van der Waals surface area contributed by atoms with Gasteiger partial charge < -0.3 is 9.80 Å². The van der Waals surface area contributed by atoms with Gasteiger partial charge in [-0.1, -0.05) is 39.3 Å². The standard InChI is InChI=1S/C12H24N2.2C12H26N2.C11H22N2.C11H24N2.C11H23N.C11H21N.C10H20N2O.C10H22N2/c1-9(2)13-7-11-5-6-12(8-13)14(11)10(3)4;1-9(2)13-7-11(5)14(10(3)4)12(6)8-13;1-10(2)13-7-8-14(11(3)4)12(5,6)9-13;1-8(2)12-6-11-5-10(12)7-13(11)9(3)4;1-9(2)12-6-7-13(10(3)4)11(5)8-12;2*1-9(2)11-5-7-12(8-6-11)10(3)4;1-8(2)11-5-6-12(9(3)4)10(13)7-11;1-9(2)11-5-7-12(8-6-11)10(3)4/h9-12H,5-8H2,1-4H3;9-12H,7-8H2,1-6H3;10-11H,7-9H2,1-6H3;8-11H,5-7H2,1-4H3;9-11H,6-8H2,1-5H3;9-11H,5-8H2,1-4H3;5,9-10H,6-8H2,1-4H3;8-9H,5-7H2,1-4H3;9-10H,5-8H2,1-4H3. The molecule has 0 aromatic carbocycles. The predicted octanol–water partition coefficient (Wildman–Crippen LogP) is 17.5. The molecule has 11 rings (SSSR count). The van der Waals surface area contributed by atoms with E-state index in [-0.39, 0.29) is 5.91 Å². The highest BCUT2D eigenvalue weighted by atomic mass is 16.2. The van der Waals surface area contributed by atoms with Gasteiger partial charge in [0.2, 0.25) is 5.91 Å². The van der Waals surface area contributed by atoms with E-state index < -0.39 is 0 Å². The number of hydrogen-bond acceptors (Lipinski definition) is 16. The third kappa shape index (κ3) is 36.5. The number of nitrogens with zero attached hydrogens (tertiary/aromatic N) is 16. The maximum absolute atomic E-state index is 11.6. The van der Waals surface area contributed by atoms with Crippen LogP contribution in [0.1, 0.15) is 322 Å². The van der Waals surface area contributed by atoms with E-state index in [1.807, 2.05) is 4.90 Å². The van der Waals surface area contributed by atoms with E-state index in [0.29, 0.717) is 78.5 Å². The molecule has 694 valence electrons. The average molecular weight is 1650 g/mol. The van der Waals surface area contributed by atoms with Gasteiger partial charge in [-0.2, -0.15) is 0 Å². The van der Waals surface area contributed by atoms with Gasteiger partial charge in [0.25, 0.3) is 0 Å². The van der Waals surface area contributed by atoms with Crippen LogP contribution in [0.4, 0.5) is 0 Å². The van der Waals surface area contributed by atoms with Crippen molar-refractivity contribution in [3.8, 4) is 0 Å².